The van der Waals surface area contributed by atoms with Crippen LogP contribution in [0.1, 0.15) is 16.2 Å². The summed E-state index contributed by atoms with van der Waals surface area (Å²) in [4.78, 5) is 30.1. The Bertz CT molecular complexity index is 1820. The minimum Gasteiger partial charge on any atom is -0.345 e. The van der Waals surface area contributed by atoms with Gasteiger partial charge in [-0.1, -0.05) is 51.2 Å². The van der Waals surface area contributed by atoms with Crippen molar-refractivity contribution in [3.63, 3.8) is 0 Å². The molecule has 0 aliphatic rings. The molecule has 42 heavy (non-hydrogen) atoms. The van der Waals surface area contributed by atoms with E-state index in [9.17, 15) is 18.0 Å². The van der Waals surface area contributed by atoms with Crippen molar-refractivity contribution in [1.82, 2.24) is 29.4 Å². The highest BCUT2D eigenvalue weighted by Gasteiger charge is 2.20. The zero-order valence-corrected chi connectivity index (χ0v) is 26.3. The molecule has 5 aromatic rings. The number of hydrogen-bond acceptors (Lipinski definition) is 9. The lowest BCUT2D eigenvalue weighted by atomic mass is 10.2. The Morgan fingerprint density at radius 3 is 2.40 bits per heavy atom. The predicted octanol–water partition coefficient (Wildman–Crippen LogP) is 4.55. The number of nitrogens with one attached hydrogen (secondary N) is 2. The number of anilines is 1. The van der Waals surface area contributed by atoms with Crippen molar-refractivity contribution < 1.29 is 18.0 Å². The van der Waals surface area contributed by atoms with Crippen LogP contribution in [0.15, 0.2) is 87.3 Å². The van der Waals surface area contributed by atoms with Crippen molar-refractivity contribution in [2.24, 2.45) is 0 Å². The quantitative estimate of drug-likeness (QED) is 0.204. The number of thiazole rings is 1. The van der Waals surface area contributed by atoms with E-state index in [0.717, 1.165) is 24.7 Å². The van der Waals surface area contributed by atoms with Crippen LogP contribution in [0.5, 0.6) is 0 Å². The van der Waals surface area contributed by atoms with Crippen LogP contribution in [-0.4, -0.2) is 64.1 Å². The maximum absolute atomic E-state index is 12.9. The van der Waals surface area contributed by atoms with E-state index in [1.54, 1.807) is 4.57 Å². The smallest absolute Gasteiger partial charge is 0.251 e. The first-order valence-corrected chi connectivity index (χ1v) is 16.4. The molecule has 0 fully saturated rings. The second-order valence-electron chi connectivity index (χ2n) is 9.03. The van der Waals surface area contributed by atoms with E-state index in [2.05, 4.69) is 41.7 Å². The Balaban J connectivity index is 1.29. The van der Waals surface area contributed by atoms with Gasteiger partial charge in [-0.05, 0) is 60.7 Å². The number of sulfonamides is 1. The number of benzene rings is 3. The normalized spacial score (nSPS) is 11.6. The van der Waals surface area contributed by atoms with Crippen molar-refractivity contribution >= 4 is 76.2 Å². The first kappa shape index (κ1) is 29.8. The highest BCUT2D eigenvalue weighted by molar-refractivity contribution is 9.10. The fraction of sp³-hybridized carbons (Fsp3) is 0.148. The molecule has 0 saturated heterocycles. The summed E-state index contributed by atoms with van der Waals surface area (Å²) in [6.45, 7) is 0.0398. The summed E-state index contributed by atoms with van der Waals surface area (Å²) in [6, 6.07) is 20.8. The third kappa shape index (κ3) is 6.71. The summed E-state index contributed by atoms with van der Waals surface area (Å²) in [5, 5.41) is 15.2. The van der Waals surface area contributed by atoms with Gasteiger partial charge in [-0.15, -0.1) is 10.2 Å². The first-order valence-electron chi connectivity index (χ1n) is 12.4. The number of carbonyl (C=O) groups excluding carboxylic acids is 2. The minimum absolute atomic E-state index is 0.0398. The number of thioether (sulfide) groups is 1. The number of amides is 2. The first-order chi connectivity index (χ1) is 20.1. The number of hydrogen-bond donors (Lipinski definition) is 2. The molecule has 0 unspecified atom stereocenters. The van der Waals surface area contributed by atoms with Crippen molar-refractivity contribution in [3.8, 4) is 5.69 Å². The van der Waals surface area contributed by atoms with Gasteiger partial charge < -0.3 is 10.6 Å². The Morgan fingerprint density at radius 1 is 1.00 bits per heavy atom. The van der Waals surface area contributed by atoms with E-state index >= 15 is 0 Å². The van der Waals surface area contributed by atoms with Crippen molar-refractivity contribution in [2.75, 3.05) is 25.2 Å². The molecule has 5 rings (SSSR count). The van der Waals surface area contributed by atoms with Crippen LogP contribution >= 0.6 is 39.0 Å². The van der Waals surface area contributed by atoms with E-state index in [1.165, 1.54) is 61.5 Å². The molecule has 0 radical (unpaired) electrons. The molecule has 2 heterocycles. The maximum atomic E-state index is 12.9. The largest absolute Gasteiger partial charge is 0.345 e. The van der Waals surface area contributed by atoms with Gasteiger partial charge in [-0.3, -0.25) is 14.2 Å². The van der Waals surface area contributed by atoms with Gasteiger partial charge in [0.1, 0.15) is 0 Å². The Kier molecular flexibility index (Phi) is 9.03. The zero-order chi connectivity index (χ0) is 29.9. The van der Waals surface area contributed by atoms with Gasteiger partial charge in [0.05, 0.1) is 27.4 Å². The van der Waals surface area contributed by atoms with Crippen LogP contribution < -0.4 is 10.6 Å². The fourth-order valence-corrected chi connectivity index (χ4v) is 6.64. The van der Waals surface area contributed by atoms with Crippen molar-refractivity contribution in [3.05, 3.63) is 88.7 Å². The van der Waals surface area contributed by atoms with Gasteiger partial charge in [-0.2, -0.15) is 0 Å². The Morgan fingerprint density at radius 2 is 1.71 bits per heavy atom. The summed E-state index contributed by atoms with van der Waals surface area (Å²) in [7, 11) is -0.717. The average Bonchev–Trinajstić information content (AvgIpc) is 3.58. The van der Waals surface area contributed by atoms with Gasteiger partial charge in [-0.25, -0.2) is 17.7 Å². The van der Waals surface area contributed by atoms with Crippen LogP contribution in [-0.2, 0) is 21.4 Å². The van der Waals surface area contributed by atoms with E-state index in [1.807, 2.05) is 48.5 Å². The highest BCUT2D eigenvalue weighted by atomic mass is 79.9. The third-order valence-electron chi connectivity index (χ3n) is 5.96. The molecular weight excluding hydrogens is 662 g/mol. The van der Waals surface area contributed by atoms with Gasteiger partial charge in [0, 0.05) is 29.8 Å². The second-order valence-corrected chi connectivity index (χ2v) is 14.1. The van der Waals surface area contributed by atoms with E-state index in [0.29, 0.717) is 21.7 Å². The summed E-state index contributed by atoms with van der Waals surface area (Å²) in [5.41, 5.74) is 1.87. The molecule has 0 aliphatic carbocycles. The lowest BCUT2D eigenvalue weighted by Gasteiger charge is -2.12. The molecule has 0 saturated carbocycles. The van der Waals surface area contributed by atoms with Crippen molar-refractivity contribution in [2.45, 2.75) is 16.6 Å². The van der Waals surface area contributed by atoms with Crippen molar-refractivity contribution in [1.29, 1.82) is 0 Å². The molecule has 11 nitrogen and oxygen atoms in total. The summed E-state index contributed by atoms with van der Waals surface area (Å²) in [6.07, 6.45) is 0. The lowest BCUT2D eigenvalue weighted by molar-refractivity contribution is -0.113. The average molecular weight is 687 g/mol. The maximum Gasteiger partial charge on any atom is 0.251 e. The third-order valence-corrected chi connectivity index (χ3v) is 10.2. The predicted molar refractivity (Wildman–Crippen MR) is 167 cm³/mol. The Hall–Kier alpha value is -3.63. The van der Waals surface area contributed by atoms with E-state index in [-0.39, 0.29) is 23.1 Å². The van der Waals surface area contributed by atoms with Crippen LogP contribution in [0, 0.1) is 0 Å². The van der Waals surface area contributed by atoms with Gasteiger partial charge in [0.25, 0.3) is 5.91 Å². The van der Waals surface area contributed by atoms with Crippen LogP contribution in [0.2, 0.25) is 0 Å². The fourth-order valence-electron chi connectivity index (χ4n) is 3.82. The monoisotopic (exact) mass is 685 g/mol. The number of halogens is 1. The van der Waals surface area contributed by atoms with Crippen LogP contribution in [0.4, 0.5) is 5.13 Å². The molecule has 0 spiro atoms. The summed E-state index contributed by atoms with van der Waals surface area (Å²) in [5.74, 6) is -0.122. The topological polar surface area (TPSA) is 139 Å². The van der Waals surface area contributed by atoms with Gasteiger partial charge in [0.15, 0.2) is 16.1 Å². The molecule has 0 atom stereocenters. The van der Waals surface area contributed by atoms with E-state index < -0.39 is 15.9 Å². The molecular formula is C27H24BrN7O4S3. The number of aromatic nitrogens is 4. The molecule has 2 aromatic heterocycles. The number of para-hydroxylation sites is 1. The SMILES string of the molecule is CN(C)S(=O)(=O)c1ccc(C(=O)NCc2nnc(SCC(=O)Nc3nc4ccccc4s3)n2-c2ccc(Br)cc2)cc1. The molecule has 0 bridgehead atoms. The standard InChI is InChI=1S/C27H24BrN7O4S3/c1-34(2)42(38,39)20-13-7-17(8-14-20)25(37)29-15-23-32-33-27(35(23)19-11-9-18(28)10-12-19)40-16-24(36)31-26-30-21-5-3-4-6-22(21)41-26/h3-14H,15-16H2,1-2H3,(H,29,37)(H,30,31,36). The molecule has 0 aliphatic heterocycles. The molecule has 2 amide bonds. The van der Waals surface area contributed by atoms with Crippen LogP contribution in [0.25, 0.3) is 15.9 Å². The zero-order valence-electron chi connectivity index (χ0n) is 22.3. The molecule has 3 aromatic carbocycles. The molecule has 15 heteroatoms. The molecule has 2 N–H and O–H groups in total. The Labute approximate surface area is 258 Å². The number of rotatable bonds is 10. The van der Waals surface area contributed by atoms with E-state index in [4.69, 9.17) is 0 Å². The number of fused-ring (bicyclic) bond motifs is 1. The van der Waals surface area contributed by atoms with Gasteiger partial charge >= 0.3 is 0 Å². The lowest BCUT2D eigenvalue weighted by Crippen LogP contribution is -2.25. The second kappa shape index (κ2) is 12.7. The summed E-state index contributed by atoms with van der Waals surface area (Å²) < 4.78 is 29.4. The molecule has 216 valence electrons. The van der Waals surface area contributed by atoms with Gasteiger partial charge in [0.2, 0.25) is 15.9 Å². The summed E-state index contributed by atoms with van der Waals surface area (Å²) >= 11 is 6.05. The highest BCUT2D eigenvalue weighted by Crippen LogP contribution is 2.27. The minimum atomic E-state index is -3.60. The number of nitrogens with zero attached hydrogens (tertiary/aromatic N) is 5. The van der Waals surface area contributed by atoms with Crippen LogP contribution in [0.3, 0.4) is 0 Å². The number of carbonyl (C=O) groups is 2.